The van der Waals surface area contributed by atoms with Crippen molar-refractivity contribution in [2.45, 2.75) is 13.8 Å². The van der Waals surface area contributed by atoms with Crippen LogP contribution in [0.25, 0.3) is 38.5 Å². The number of nitrogens with zero attached hydrogens (tertiary/aromatic N) is 2. The summed E-state index contributed by atoms with van der Waals surface area (Å²) in [6, 6.07) is 17.0. The van der Waals surface area contributed by atoms with Gasteiger partial charge in [-0.25, -0.2) is 4.98 Å². The molecule has 0 saturated heterocycles. The fourth-order valence-corrected chi connectivity index (χ4v) is 3.62. The Labute approximate surface area is 139 Å². The molecule has 3 heterocycles. The van der Waals surface area contributed by atoms with Gasteiger partial charge >= 0.3 is 0 Å². The smallest absolute Gasteiger partial charge is 0.147 e. The third-order valence-corrected chi connectivity index (χ3v) is 5.00. The van der Waals surface area contributed by atoms with Crippen LogP contribution in [0.3, 0.4) is 0 Å². The summed E-state index contributed by atoms with van der Waals surface area (Å²) < 4.78 is 2.25. The first-order valence-corrected chi connectivity index (χ1v) is 8.17. The van der Waals surface area contributed by atoms with Gasteiger partial charge < -0.3 is 4.98 Å². The Morgan fingerprint density at radius 2 is 1.67 bits per heavy atom. The van der Waals surface area contributed by atoms with Crippen molar-refractivity contribution in [1.29, 1.82) is 0 Å². The highest BCUT2D eigenvalue weighted by Crippen LogP contribution is 2.35. The van der Waals surface area contributed by atoms with Crippen molar-refractivity contribution in [3.05, 3.63) is 72.1 Å². The van der Waals surface area contributed by atoms with Gasteiger partial charge in [0.25, 0.3) is 0 Å². The number of pyridine rings is 1. The van der Waals surface area contributed by atoms with Crippen molar-refractivity contribution in [2.75, 3.05) is 0 Å². The van der Waals surface area contributed by atoms with Crippen molar-refractivity contribution in [3.8, 4) is 5.82 Å². The minimum Gasteiger partial charge on any atom is -0.347 e. The molecule has 5 aromatic rings. The maximum atomic E-state index is 4.82. The Morgan fingerprint density at radius 3 is 2.46 bits per heavy atom. The van der Waals surface area contributed by atoms with E-state index in [0.717, 1.165) is 11.5 Å². The minimum atomic E-state index is 1.000. The molecule has 0 amide bonds. The molecule has 3 heteroatoms. The van der Waals surface area contributed by atoms with E-state index in [1.807, 2.05) is 6.20 Å². The molecule has 3 nitrogen and oxygen atoms in total. The molecular weight excluding hydrogens is 294 g/mol. The van der Waals surface area contributed by atoms with Crippen molar-refractivity contribution in [3.63, 3.8) is 0 Å². The van der Waals surface area contributed by atoms with Crippen LogP contribution in [0.15, 0.2) is 60.9 Å². The van der Waals surface area contributed by atoms with Gasteiger partial charge in [0.2, 0.25) is 0 Å². The highest BCUT2D eigenvalue weighted by atomic mass is 15.1. The summed E-state index contributed by atoms with van der Waals surface area (Å²) in [5.41, 5.74) is 4.70. The number of H-pyrrole nitrogens is 1. The molecule has 0 aliphatic heterocycles. The van der Waals surface area contributed by atoms with Crippen LogP contribution < -0.4 is 0 Å². The first-order chi connectivity index (χ1) is 11.8. The van der Waals surface area contributed by atoms with E-state index in [1.165, 1.54) is 38.2 Å². The summed E-state index contributed by atoms with van der Waals surface area (Å²) in [7, 11) is 0. The lowest BCUT2D eigenvalue weighted by Gasteiger charge is -2.07. The minimum absolute atomic E-state index is 1.000. The van der Waals surface area contributed by atoms with Crippen LogP contribution in [-0.2, 0) is 0 Å². The van der Waals surface area contributed by atoms with Gasteiger partial charge in [-0.15, -0.1) is 0 Å². The van der Waals surface area contributed by atoms with Crippen molar-refractivity contribution in [1.82, 2.24) is 14.5 Å². The van der Waals surface area contributed by atoms with Crippen LogP contribution in [-0.4, -0.2) is 14.5 Å². The standard InChI is InChI=1S/C21H17N3/c1-13-11-22-20(14(13)2)24-18-10-6-5-9-17(18)19-16-8-4-3-7-15(16)12-23-21(19)24/h3-12,22H,1-2H3. The molecule has 0 bridgehead atoms. The van der Waals surface area contributed by atoms with Gasteiger partial charge in [-0.2, -0.15) is 0 Å². The number of rotatable bonds is 1. The fraction of sp³-hybridized carbons (Fsp3) is 0.0952. The average molecular weight is 311 g/mol. The zero-order valence-corrected chi connectivity index (χ0v) is 13.7. The number of nitrogens with one attached hydrogen (secondary N) is 1. The Balaban J connectivity index is 2.07. The van der Waals surface area contributed by atoms with Crippen LogP contribution in [0.5, 0.6) is 0 Å². The lowest BCUT2D eigenvalue weighted by molar-refractivity contribution is 1.06. The fourth-order valence-electron chi connectivity index (χ4n) is 3.62. The highest BCUT2D eigenvalue weighted by Gasteiger charge is 2.17. The molecule has 0 atom stereocenters. The normalized spacial score (nSPS) is 11.8. The van der Waals surface area contributed by atoms with E-state index in [1.54, 1.807) is 0 Å². The third kappa shape index (κ3) is 1.64. The summed E-state index contributed by atoms with van der Waals surface area (Å²) in [4.78, 5) is 8.25. The van der Waals surface area contributed by atoms with Gasteiger partial charge in [-0.05, 0) is 36.4 Å². The van der Waals surface area contributed by atoms with E-state index in [-0.39, 0.29) is 0 Å². The SMILES string of the molecule is Cc1c[nH]c(-n2c3ccccc3c3c4ccccc4cnc32)c1C. The molecule has 116 valence electrons. The maximum absolute atomic E-state index is 4.82. The molecule has 2 aromatic carbocycles. The molecule has 0 saturated carbocycles. The van der Waals surface area contributed by atoms with E-state index in [2.05, 4.69) is 78.1 Å². The molecule has 5 rings (SSSR count). The van der Waals surface area contributed by atoms with Crippen molar-refractivity contribution < 1.29 is 0 Å². The monoisotopic (exact) mass is 311 g/mol. The summed E-state index contributed by atoms with van der Waals surface area (Å²) in [5, 5.41) is 4.88. The number of aryl methyl sites for hydroxylation is 1. The average Bonchev–Trinajstić information content (AvgIpc) is 3.13. The van der Waals surface area contributed by atoms with Crippen LogP contribution in [0.1, 0.15) is 11.1 Å². The first kappa shape index (κ1) is 13.4. The number of aromatic amines is 1. The molecule has 0 spiro atoms. The van der Waals surface area contributed by atoms with Gasteiger partial charge in [0, 0.05) is 28.6 Å². The number of fused-ring (bicyclic) bond motifs is 5. The van der Waals surface area contributed by atoms with Gasteiger partial charge in [0.05, 0.1) is 5.52 Å². The molecule has 1 N–H and O–H groups in total. The largest absolute Gasteiger partial charge is 0.347 e. The number of hydrogen-bond donors (Lipinski definition) is 1. The quantitative estimate of drug-likeness (QED) is 0.449. The van der Waals surface area contributed by atoms with E-state index in [0.29, 0.717) is 0 Å². The van der Waals surface area contributed by atoms with E-state index < -0.39 is 0 Å². The first-order valence-electron chi connectivity index (χ1n) is 8.17. The Kier molecular flexibility index (Phi) is 2.63. The van der Waals surface area contributed by atoms with Crippen molar-refractivity contribution >= 4 is 32.7 Å². The second kappa shape index (κ2) is 4.71. The summed E-state index contributed by atoms with van der Waals surface area (Å²) in [6.07, 6.45) is 4.03. The topological polar surface area (TPSA) is 33.6 Å². The second-order valence-corrected chi connectivity index (χ2v) is 6.34. The number of para-hydroxylation sites is 1. The number of aromatic nitrogens is 3. The molecule has 0 aliphatic carbocycles. The Hall–Kier alpha value is -3.07. The van der Waals surface area contributed by atoms with E-state index >= 15 is 0 Å². The summed E-state index contributed by atoms with van der Waals surface area (Å²) in [5.74, 6) is 1.10. The Bertz CT molecular complexity index is 1220. The van der Waals surface area contributed by atoms with Crippen LogP contribution in [0, 0.1) is 13.8 Å². The summed E-state index contributed by atoms with van der Waals surface area (Å²) >= 11 is 0. The third-order valence-electron chi connectivity index (χ3n) is 5.00. The van der Waals surface area contributed by atoms with Gasteiger partial charge in [-0.3, -0.25) is 4.57 Å². The summed E-state index contributed by atoms with van der Waals surface area (Å²) in [6.45, 7) is 4.29. The second-order valence-electron chi connectivity index (χ2n) is 6.34. The molecular formula is C21H17N3. The molecule has 24 heavy (non-hydrogen) atoms. The highest BCUT2D eigenvalue weighted by molar-refractivity contribution is 6.19. The van der Waals surface area contributed by atoms with E-state index in [4.69, 9.17) is 4.98 Å². The van der Waals surface area contributed by atoms with Gasteiger partial charge in [0.1, 0.15) is 11.5 Å². The molecule has 0 unspecified atom stereocenters. The zero-order chi connectivity index (χ0) is 16.3. The molecule has 3 aromatic heterocycles. The predicted octanol–water partition coefficient (Wildman–Crippen LogP) is 5.28. The van der Waals surface area contributed by atoms with Gasteiger partial charge in [-0.1, -0.05) is 42.5 Å². The van der Waals surface area contributed by atoms with Crippen LogP contribution in [0.2, 0.25) is 0 Å². The molecule has 0 fully saturated rings. The van der Waals surface area contributed by atoms with Crippen LogP contribution in [0.4, 0.5) is 0 Å². The lowest BCUT2D eigenvalue weighted by atomic mass is 10.1. The number of hydrogen-bond acceptors (Lipinski definition) is 1. The Morgan fingerprint density at radius 1 is 0.917 bits per heavy atom. The zero-order valence-electron chi connectivity index (χ0n) is 13.7. The molecule has 0 aliphatic rings. The van der Waals surface area contributed by atoms with Crippen molar-refractivity contribution in [2.24, 2.45) is 0 Å². The van der Waals surface area contributed by atoms with Gasteiger partial charge in [0.15, 0.2) is 0 Å². The predicted molar refractivity (Wildman–Crippen MR) is 99.9 cm³/mol. The lowest BCUT2D eigenvalue weighted by Crippen LogP contribution is -1.98. The molecule has 0 radical (unpaired) electrons. The number of benzene rings is 2. The maximum Gasteiger partial charge on any atom is 0.147 e. The van der Waals surface area contributed by atoms with E-state index in [9.17, 15) is 0 Å². The van der Waals surface area contributed by atoms with Crippen LogP contribution >= 0.6 is 0 Å².